The first-order valence-corrected chi connectivity index (χ1v) is 9.88. The molecule has 0 saturated heterocycles. The summed E-state index contributed by atoms with van der Waals surface area (Å²) in [5.74, 6) is -0.274. The van der Waals surface area contributed by atoms with E-state index in [-0.39, 0.29) is 5.97 Å². The molecule has 0 fully saturated rings. The lowest BCUT2D eigenvalue weighted by Gasteiger charge is -2.01. The smallest absolute Gasteiger partial charge is 0.340 e. The molecule has 0 unspecified atom stereocenters. The van der Waals surface area contributed by atoms with E-state index in [1.165, 1.54) is 5.56 Å². The summed E-state index contributed by atoms with van der Waals surface area (Å²) in [6.07, 6.45) is 2.19. The van der Waals surface area contributed by atoms with Gasteiger partial charge in [0.15, 0.2) is 0 Å². The molecule has 0 saturated carbocycles. The molecule has 0 spiro atoms. The Morgan fingerprint density at radius 3 is 2.28 bits per heavy atom. The lowest BCUT2D eigenvalue weighted by molar-refractivity contribution is 0.0531. The topological polar surface area (TPSA) is 30.7 Å². The molecule has 0 aliphatic heterocycles. The third-order valence-electron chi connectivity index (χ3n) is 5.43. The number of nitrogens with zero attached hydrogens (tertiary/aromatic N) is 1. The zero-order valence-corrected chi connectivity index (χ0v) is 16.5. The molecule has 5 rings (SSSR count). The van der Waals surface area contributed by atoms with Crippen LogP contribution >= 0.6 is 0 Å². The summed E-state index contributed by atoms with van der Waals surface area (Å²) in [6.45, 7) is 4.28. The van der Waals surface area contributed by atoms with E-state index in [0.717, 1.165) is 38.1 Å². The standard InChI is InChI=1S/C26H21NO2/c1-3-29-26(28)24-21-10-6-7-11-22(21)27-23(16-18-14-12-17(2)13-15-18)19-8-4-5-9-20(19)25(24)27/h4-16H,3H2,1-2H3/b23-16-. The van der Waals surface area contributed by atoms with Crippen molar-refractivity contribution in [2.24, 2.45) is 0 Å². The Labute approximate surface area is 168 Å². The lowest BCUT2D eigenvalue weighted by Crippen LogP contribution is -2.08. The van der Waals surface area contributed by atoms with Gasteiger partial charge in [0, 0.05) is 16.2 Å². The van der Waals surface area contributed by atoms with Crippen LogP contribution in [-0.4, -0.2) is 17.0 Å². The Kier molecular flexibility index (Phi) is 4.09. The number of aryl methyl sites for hydroxylation is 1. The number of carbonyl (C=O) groups excluding carboxylic acids is 1. The predicted octanol–water partition coefficient (Wildman–Crippen LogP) is 5.28. The van der Waals surface area contributed by atoms with Gasteiger partial charge in [0.2, 0.25) is 0 Å². The van der Waals surface area contributed by atoms with Crippen molar-refractivity contribution in [1.82, 2.24) is 4.40 Å². The molecule has 0 aliphatic rings. The third kappa shape index (κ3) is 2.70. The molecule has 2 aromatic heterocycles. The molecule has 3 aromatic carbocycles. The summed E-state index contributed by atoms with van der Waals surface area (Å²) >= 11 is 0. The number of fused-ring (bicyclic) bond motifs is 5. The first-order valence-electron chi connectivity index (χ1n) is 9.88. The second kappa shape index (κ2) is 6.78. The summed E-state index contributed by atoms with van der Waals surface area (Å²) in [6, 6.07) is 24.8. The number of aromatic nitrogens is 1. The Bertz CT molecular complexity index is 1420. The Morgan fingerprint density at radius 1 is 0.897 bits per heavy atom. The number of esters is 1. The van der Waals surface area contributed by atoms with Crippen molar-refractivity contribution in [3.63, 3.8) is 0 Å². The second-order valence-corrected chi connectivity index (χ2v) is 7.28. The van der Waals surface area contributed by atoms with E-state index >= 15 is 0 Å². The van der Waals surface area contributed by atoms with Crippen molar-refractivity contribution < 1.29 is 9.53 Å². The van der Waals surface area contributed by atoms with Crippen molar-refractivity contribution in [1.29, 1.82) is 0 Å². The van der Waals surface area contributed by atoms with Gasteiger partial charge in [-0.05, 0) is 31.6 Å². The summed E-state index contributed by atoms with van der Waals surface area (Å²) < 4.78 is 7.63. The number of para-hydroxylation sites is 1. The van der Waals surface area contributed by atoms with Gasteiger partial charge in [0.25, 0.3) is 0 Å². The van der Waals surface area contributed by atoms with E-state index in [0.29, 0.717) is 12.2 Å². The van der Waals surface area contributed by atoms with Gasteiger partial charge >= 0.3 is 5.97 Å². The number of rotatable bonds is 3. The monoisotopic (exact) mass is 379 g/mol. The largest absolute Gasteiger partial charge is 0.462 e. The molecular formula is C26H21NO2. The highest BCUT2D eigenvalue weighted by atomic mass is 16.5. The molecule has 142 valence electrons. The van der Waals surface area contributed by atoms with Crippen molar-refractivity contribution in [2.75, 3.05) is 6.61 Å². The molecule has 0 amide bonds. The summed E-state index contributed by atoms with van der Waals surface area (Å²) in [5, 5.41) is 4.18. The van der Waals surface area contributed by atoms with Crippen LogP contribution in [0, 0.1) is 6.92 Å². The fraction of sp³-hybridized carbons (Fsp3) is 0.115. The molecule has 29 heavy (non-hydrogen) atoms. The fourth-order valence-corrected chi connectivity index (χ4v) is 4.15. The first-order chi connectivity index (χ1) is 14.2. The molecule has 0 atom stereocenters. The number of ether oxygens (including phenoxy) is 1. The highest BCUT2D eigenvalue weighted by Gasteiger charge is 2.23. The van der Waals surface area contributed by atoms with Crippen LogP contribution in [0.15, 0.2) is 72.8 Å². The molecule has 0 N–H and O–H groups in total. The molecular weight excluding hydrogens is 358 g/mol. The molecule has 3 nitrogen and oxygen atoms in total. The Hall–Kier alpha value is -3.59. The van der Waals surface area contributed by atoms with E-state index < -0.39 is 0 Å². The Morgan fingerprint density at radius 2 is 1.55 bits per heavy atom. The van der Waals surface area contributed by atoms with E-state index in [4.69, 9.17) is 4.74 Å². The maximum absolute atomic E-state index is 12.9. The highest BCUT2D eigenvalue weighted by Crippen LogP contribution is 2.32. The first kappa shape index (κ1) is 17.5. The highest BCUT2D eigenvalue weighted by molar-refractivity contribution is 6.19. The van der Waals surface area contributed by atoms with E-state index in [1.54, 1.807) is 0 Å². The van der Waals surface area contributed by atoms with E-state index in [9.17, 15) is 4.79 Å². The average molecular weight is 379 g/mol. The van der Waals surface area contributed by atoms with Crippen LogP contribution < -0.4 is 5.35 Å². The average Bonchev–Trinajstić information content (AvgIpc) is 3.24. The molecule has 0 radical (unpaired) electrons. The third-order valence-corrected chi connectivity index (χ3v) is 5.43. The van der Waals surface area contributed by atoms with Gasteiger partial charge in [-0.2, -0.15) is 0 Å². The molecule has 5 aromatic rings. The van der Waals surface area contributed by atoms with Gasteiger partial charge in [0.05, 0.1) is 28.6 Å². The molecule has 3 heteroatoms. The maximum atomic E-state index is 12.9. The number of hydrogen-bond donors (Lipinski definition) is 0. The number of benzene rings is 3. The van der Waals surface area contributed by atoms with Gasteiger partial charge < -0.3 is 9.14 Å². The van der Waals surface area contributed by atoms with Crippen LogP contribution in [0.5, 0.6) is 0 Å². The SMILES string of the molecule is CCOC(=O)c1c2ccccc2n2/c(=C\c3ccc(C)cc3)c3ccccc3c12. The second-order valence-electron chi connectivity index (χ2n) is 7.28. The van der Waals surface area contributed by atoms with Crippen molar-refractivity contribution in [2.45, 2.75) is 13.8 Å². The van der Waals surface area contributed by atoms with E-state index in [1.807, 2.05) is 37.3 Å². The summed E-state index contributed by atoms with van der Waals surface area (Å²) in [5.41, 5.74) is 4.93. The zero-order valence-electron chi connectivity index (χ0n) is 16.5. The van der Waals surface area contributed by atoms with Crippen LogP contribution in [0.3, 0.4) is 0 Å². The van der Waals surface area contributed by atoms with E-state index in [2.05, 4.69) is 59.9 Å². The minimum atomic E-state index is -0.274. The zero-order chi connectivity index (χ0) is 20.0. The Balaban J connectivity index is 1.99. The van der Waals surface area contributed by atoms with Gasteiger partial charge in [-0.25, -0.2) is 4.79 Å². The fourth-order valence-electron chi connectivity index (χ4n) is 4.15. The van der Waals surface area contributed by atoms with Crippen molar-refractivity contribution in [3.8, 4) is 0 Å². The minimum absolute atomic E-state index is 0.274. The van der Waals surface area contributed by atoms with Crippen LogP contribution in [0.25, 0.3) is 33.3 Å². The van der Waals surface area contributed by atoms with Crippen LogP contribution in [-0.2, 0) is 4.74 Å². The van der Waals surface area contributed by atoms with Crippen molar-refractivity contribution >= 4 is 39.2 Å². The van der Waals surface area contributed by atoms with Gasteiger partial charge in [-0.1, -0.05) is 72.3 Å². The van der Waals surface area contributed by atoms with Crippen LogP contribution in [0.1, 0.15) is 28.4 Å². The van der Waals surface area contributed by atoms with Crippen LogP contribution in [0.4, 0.5) is 0 Å². The van der Waals surface area contributed by atoms with Gasteiger partial charge in [-0.15, -0.1) is 0 Å². The summed E-state index contributed by atoms with van der Waals surface area (Å²) in [4.78, 5) is 12.9. The van der Waals surface area contributed by atoms with Gasteiger partial charge in [-0.3, -0.25) is 0 Å². The van der Waals surface area contributed by atoms with Gasteiger partial charge in [0.1, 0.15) is 0 Å². The number of carbonyl (C=O) groups is 1. The quantitative estimate of drug-likeness (QED) is 0.399. The summed E-state index contributed by atoms with van der Waals surface area (Å²) in [7, 11) is 0. The molecule has 0 bridgehead atoms. The molecule has 2 heterocycles. The normalized spacial score (nSPS) is 12.3. The number of hydrogen-bond acceptors (Lipinski definition) is 2. The maximum Gasteiger partial charge on any atom is 0.340 e. The van der Waals surface area contributed by atoms with Crippen LogP contribution in [0.2, 0.25) is 0 Å². The lowest BCUT2D eigenvalue weighted by atomic mass is 10.1. The predicted molar refractivity (Wildman–Crippen MR) is 118 cm³/mol. The minimum Gasteiger partial charge on any atom is -0.462 e. The van der Waals surface area contributed by atoms with Crippen molar-refractivity contribution in [3.05, 3.63) is 94.8 Å². The molecule has 0 aliphatic carbocycles.